The average Bonchev–Trinajstić information content (AvgIpc) is 3.13. The summed E-state index contributed by atoms with van der Waals surface area (Å²) in [6.07, 6.45) is 6.00. The first-order valence-electron chi connectivity index (χ1n) is 7.81. The fraction of sp³-hybridized carbons (Fsp3) is 0.647. The van der Waals surface area contributed by atoms with Crippen molar-refractivity contribution in [1.29, 1.82) is 0 Å². The van der Waals surface area contributed by atoms with Gasteiger partial charge in [0.2, 0.25) is 0 Å². The van der Waals surface area contributed by atoms with E-state index in [9.17, 15) is 0 Å². The molecular formula is C17H25O2S+. The molecule has 2 aliphatic heterocycles. The molecule has 0 aromatic heterocycles. The van der Waals surface area contributed by atoms with Gasteiger partial charge in [0.1, 0.15) is 29.5 Å². The smallest absolute Gasteiger partial charge is 0.134 e. The summed E-state index contributed by atoms with van der Waals surface area (Å²) in [5.41, 5.74) is 1.46. The van der Waals surface area contributed by atoms with Crippen LogP contribution < -0.4 is 0 Å². The second-order valence-electron chi connectivity index (χ2n) is 5.85. The third kappa shape index (κ3) is 4.24. The van der Waals surface area contributed by atoms with Crippen LogP contribution >= 0.6 is 0 Å². The number of ether oxygens (including phenoxy) is 2. The largest absolute Gasteiger partial charge is 0.373 e. The van der Waals surface area contributed by atoms with Crippen molar-refractivity contribution in [3.63, 3.8) is 0 Å². The van der Waals surface area contributed by atoms with Crippen LogP contribution in [0.4, 0.5) is 0 Å². The molecule has 1 aromatic rings. The van der Waals surface area contributed by atoms with Crippen LogP contribution in [0.2, 0.25) is 0 Å². The zero-order valence-electron chi connectivity index (χ0n) is 12.1. The summed E-state index contributed by atoms with van der Waals surface area (Å²) >= 11 is 0. The number of hydrogen-bond acceptors (Lipinski definition) is 2. The Kier molecular flexibility index (Phi) is 5.40. The normalized spacial score (nSPS) is 27.8. The van der Waals surface area contributed by atoms with Crippen LogP contribution in [-0.2, 0) is 26.1 Å². The molecule has 3 rings (SSSR count). The maximum absolute atomic E-state index is 5.85. The van der Waals surface area contributed by atoms with E-state index in [1.54, 1.807) is 0 Å². The van der Waals surface area contributed by atoms with Gasteiger partial charge >= 0.3 is 0 Å². The number of hydrogen-bond donors (Lipinski definition) is 0. The number of rotatable bonds is 6. The Bertz CT molecular complexity index is 365. The maximum Gasteiger partial charge on any atom is 0.134 e. The Morgan fingerprint density at radius 1 is 0.900 bits per heavy atom. The van der Waals surface area contributed by atoms with E-state index in [0.29, 0.717) is 23.1 Å². The van der Waals surface area contributed by atoms with E-state index in [1.165, 1.54) is 48.5 Å². The summed E-state index contributed by atoms with van der Waals surface area (Å²) in [6.45, 7) is 1.93. The predicted molar refractivity (Wildman–Crippen MR) is 85.2 cm³/mol. The lowest BCUT2D eigenvalue weighted by Crippen LogP contribution is -2.29. The third-order valence-corrected chi connectivity index (χ3v) is 6.53. The minimum atomic E-state index is 0.395. The van der Waals surface area contributed by atoms with Crippen LogP contribution in [0.1, 0.15) is 31.2 Å². The Morgan fingerprint density at radius 2 is 1.50 bits per heavy atom. The average molecular weight is 293 g/mol. The maximum atomic E-state index is 5.85. The Balaban J connectivity index is 1.58. The van der Waals surface area contributed by atoms with Gasteiger partial charge in [0.25, 0.3) is 0 Å². The fourth-order valence-electron chi connectivity index (χ4n) is 3.07. The topological polar surface area (TPSA) is 18.5 Å². The Hall–Kier alpha value is -0.510. The van der Waals surface area contributed by atoms with Gasteiger partial charge in [0, 0.05) is 18.8 Å². The van der Waals surface area contributed by atoms with Gasteiger partial charge in [0.05, 0.1) is 0 Å². The van der Waals surface area contributed by atoms with Gasteiger partial charge < -0.3 is 9.47 Å². The lowest BCUT2D eigenvalue weighted by Gasteiger charge is -2.16. The van der Waals surface area contributed by atoms with Crippen LogP contribution in [0.5, 0.6) is 0 Å². The Morgan fingerprint density at radius 3 is 2.00 bits per heavy atom. The highest BCUT2D eigenvalue weighted by Crippen LogP contribution is 2.22. The molecule has 0 saturated carbocycles. The van der Waals surface area contributed by atoms with Crippen LogP contribution in [0, 0.1) is 0 Å². The van der Waals surface area contributed by atoms with Gasteiger partial charge in [-0.3, -0.25) is 0 Å². The van der Waals surface area contributed by atoms with Crippen LogP contribution in [0.25, 0.3) is 0 Å². The van der Waals surface area contributed by atoms with Crippen molar-refractivity contribution in [2.24, 2.45) is 0 Å². The first-order valence-corrected chi connectivity index (χ1v) is 9.54. The SMILES string of the molecule is c1ccc(C[S+](CC2CCCO2)CC2CCCO2)cc1. The summed E-state index contributed by atoms with van der Waals surface area (Å²) in [5, 5.41) is 0. The van der Waals surface area contributed by atoms with Crippen molar-refractivity contribution in [3.8, 4) is 0 Å². The predicted octanol–water partition coefficient (Wildman–Crippen LogP) is 3.16. The summed E-state index contributed by atoms with van der Waals surface area (Å²) in [6, 6.07) is 10.9. The summed E-state index contributed by atoms with van der Waals surface area (Å²) in [7, 11) is 0.395. The van der Waals surface area contributed by atoms with E-state index in [-0.39, 0.29) is 0 Å². The molecule has 2 nitrogen and oxygen atoms in total. The second-order valence-corrected chi connectivity index (χ2v) is 8.03. The van der Waals surface area contributed by atoms with E-state index < -0.39 is 0 Å². The molecule has 0 aliphatic carbocycles. The molecule has 0 N–H and O–H groups in total. The molecule has 2 fully saturated rings. The molecule has 1 aromatic carbocycles. The quantitative estimate of drug-likeness (QED) is 0.750. The van der Waals surface area contributed by atoms with E-state index in [4.69, 9.17) is 9.47 Å². The van der Waals surface area contributed by atoms with Gasteiger partial charge in [-0.25, -0.2) is 0 Å². The summed E-state index contributed by atoms with van der Waals surface area (Å²) in [5.74, 6) is 3.66. The molecule has 20 heavy (non-hydrogen) atoms. The molecule has 2 atom stereocenters. The molecule has 2 heterocycles. The van der Waals surface area contributed by atoms with Crippen molar-refractivity contribution >= 4 is 10.9 Å². The highest BCUT2D eigenvalue weighted by molar-refractivity contribution is 7.96. The summed E-state index contributed by atoms with van der Waals surface area (Å²) in [4.78, 5) is 0. The van der Waals surface area contributed by atoms with Crippen molar-refractivity contribution < 1.29 is 9.47 Å². The van der Waals surface area contributed by atoms with Crippen molar-refractivity contribution in [2.75, 3.05) is 24.7 Å². The second kappa shape index (κ2) is 7.48. The molecule has 0 spiro atoms. The fourth-order valence-corrected chi connectivity index (χ4v) is 5.69. The van der Waals surface area contributed by atoms with E-state index in [0.717, 1.165) is 13.2 Å². The molecule has 2 aliphatic rings. The van der Waals surface area contributed by atoms with E-state index in [2.05, 4.69) is 30.3 Å². The molecule has 110 valence electrons. The van der Waals surface area contributed by atoms with Crippen LogP contribution in [0.15, 0.2) is 30.3 Å². The van der Waals surface area contributed by atoms with Gasteiger partial charge in [-0.2, -0.15) is 0 Å². The van der Waals surface area contributed by atoms with Gasteiger partial charge in [-0.05, 0) is 36.6 Å². The van der Waals surface area contributed by atoms with E-state index >= 15 is 0 Å². The molecule has 0 amide bonds. The highest BCUT2D eigenvalue weighted by Gasteiger charge is 2.31. The third-order valence-electron chi connectivity index (χ3n) is 4.10. The van der Waals surface area contributed by atoms with Gasteiger partial charge in [-0.15, -0.1) is 0 Å². The van der Waals surface area contributed by atoms with Crippen molar-refractivity contribution in [2.45, 2.75) is 43.6 Å². The molecule has 2 saturated heterocycles. The summed E-state index contributed by atoms with van der Waals surface area (Å²) < 4.78 is 11.7. The highest BCUT2D eigenvalue weighted by atomic mass is 32.2. The lowest BCUT2D eigenvalue weighted by atomic mass is 10.2. The van der Waals surface area contributed by atoms with Gasteiger partial charge in [0.15, 0.2) is 0 Å². The molecular weight excluding hydrogens is 268 g/mol. The molecule has 0 bridgehead atoms. The molecule has 0 radical (unpaired) electrons. The van der Waals surface area contributed by atoms with E-state index in [1.807, 2.05) is 0 Å². The molecule has 3 heteroatoms. The zero-order valence-corrected chi connectivity index (χ0v) is 12.9. The van der Waals surface area contributed by atoms with Crippen molar-refractivity contribution in [3.05, 3.63) is 35.9 Å². The first kappa shape index (κ1) is 14.4. The van der Waals surface area contributed by atoms with Crippen molar-refractivity contribution in [1.82, 2.24) is 0 Å². The molecule has 2 unspecified atom stereocenters. The minimum absolute atomic E-state index is 0.395. The Labute approximate surface area is 125 Å². The zero-order chi connectivity index (χ0) is 13.6. The van der Waals surface area contributed by atoms with Crippen LogP contribution in [0.3, 0.4) is 0 Å². The van der Waals surface area contributed by atoms with Gasteiger partial charge in [-0.1, -0.05) is 30.3 Å². The lowest BCUT2D eigenvalue weighted by molar-refractivity contribution is 0.124. The first-order chi connectivity index (χ1) is 9.90. The standard InChI is InChI=1S/C17H25O2S/c1-2-6-15(7-3-1)12-20(13-16-8-4-10-18-16)14-17-9-5-11-19-17/h1-3,6-7,16-17H,4-5,8-14H2/q+1. The monoisotopic (exact) mass is 293 g/mol. The minimum Gasteiger partial charge on any atom is -0.373 e. The van der Waals surface area contributed by atoms with Crippen LogP contribution in [-0.4, -0.2) is 36.9 Å². The number of benzene rings is 1.